The van der Waals surface area contributed by atoms with Gasteiger partial charge in [0.2, 0.25) is 5.91 Å². The molecule has 0 saturated carbocycles. The maximum atomic E-state index is 12.6. The predicted octanol–water partition coefficient (Wildman–Crippen LogP) is 3.07. The number of urea groups is 1. The highest BCUT2D eigenvalue weighted by Crippen LogP contribution is 2.25. The fourth-order valence-corrected chi connectivity index (χ4v) is 3.76. The van der Waals surface area contributed by atoms with Crippen molar-refractivity contribution in [1.82, 2.24) is 19.8 Å². The SMILES string of the molecule is CCC1(CC)NC(=O)N(CC(=O)Nc2ccc(-n3cnc4ccccc43)cc2)C1=O. The number of amides is 4. The summed E-state index contributed by atoms with van der Waals surface area (Å²) in [5.74, 6) is -0.780. The van der Waals surface area contributed by atoms with Crippen molar-refractivity contribution in [2.45, 2.75) is 32.2 Å². The number of anilines is 1. The van der Waals surface area contributed by atoms with Gasteiger partial charge < -0.3 is 10.6 Å². The van der Waals surface area contributed by atoms with Gasteiger partial charge >= 0.3 is 6.03 Å². The van der Waals surface area contributed by atoms with Gasteiger partial charge in [0.25, 0.3) is 5.91 Å². The first-order valence-corrected chi connectivity index (χ1v) is 9.94. The third kappa shape index (κ3) is 3.30. The van der Waals surface area contributed by atoms with E-state index in [1.54, 1.807) is 18.5 Å². The molecular weight excluding hydrogens is 382 g/mol. The summed E-state index contributed by atoms with van der Waals surface area (Å²) in [6, 6.07) is 14.6. The number of fused-ring (bicyclic) bond motifs is 1. The van der Waals surface area contributed by atoms with E-state index < -0.39 is 17.5 Å². The molecule has 0 spiro atoms. The second kappa shape index (κ2) is 7.62. The largest absolute Gasteiger partial charge is 0.325 e. The van der Waals surface area contributed by atoms with Crippen molar-refractivity contribution in [3.8, 4) is 5.69 Å². The van der Waals surface area contributed by atoms with E-state index in [0.717, 1.165) is 21.6 Å². The highest BCUT2D eigenvalue weighted by Gasteiger charge is 2.49. The molecule has 0 bridgehead atoms. The first kappa shape index (κ1) is 19.6. The molecule has 4 rings (SSSR count). The zero-order chi connectivity index (χ0) is 21.3. The first-order valence-electron chi connectivity index (χ1n) is 9.94. The van der Waals surface area contributed by atoms with Crippen LogP contribution in [0.15, 0.2) is 54.9 Å². The van der Waals surface area contributed by atoms with Crippen molar-refractivity contribution >= 4 is 34.6 Å². The van der Waals surface area contributed by atoms with Crippen LogP contribution in [0.4, 0.5) is 10.5 Å². The van der Waals surface area contributed by atoms with Crippen LogP contribution in [0.5, 0.6) is 0 Å². The van der Waals surface area contributed by atoms with E-state index in [1.807, 2.05) is 54.8 Å². The van der Waals surface area contributed by atoms with Crippen LogP contribution >= 0.6 is 0 Å². The molecular formula is C22H23N5O3. The lowest BCUT2D eigenvalue weighted by Gasteiger charge is -2.23. The van der Waals surface area contributed by atoms with Crippen LogP contribution in [0, 0.1) is 0 Å². The number of carbonyl (C=O) groups is 3. The lowest BCUT2D eigenvalue weighted by molar-refractivity contribution is -0.134. The third-order valence-corrected chi connectivity index (χ3v) is 5.64. The van der Waals surface area contributed by atoms with E-state index >= 15 is 0 Å². The molecule has 154 valence electrons. The molecule has 8 nitrogen and oxygen atoms in total. The average molecular weight is 405 g/mol. The normalized spacial score (nSPS) is 15.5. The summed E-state index contributed by atoms with van der Waals surface area (Å²) in [5.41, 5.74) is 2.47. The lowest BCUT2D eigenvalue weighted by Crippen LogP contribution is -2.46. The number of hydrogen-bond acceptors (Lipinski definition) is 4. The molecule has 1 saturated heterocycles. The molecule has 1 aliphatic rings. The lowest BCUT2D eigenvalue weighted by atomic mass is 9.93. The second-order valence-electron chi connectivity index (χ2n) is 7.31. The van der Waals surface area contributed by atoms with E-state index in [1.165, 1.54) is 0 Å². The molecule has 4 amide bonds. The molecule has 3 aromatic rings. The first-order chi connectivity index (χ1) is 14.5. The standard InChI is InChI=1S/C22H23N5O3/c1-3-22(4-2)20(29)26(21(30)25-22)13-19(28)24-15-9-11-16(12-10-15)27-14-23-17-7-5-6-8-18(17)27/h5-12,14H,3-4,13H2,1-2H3,(H,24,28)(H,25,30). The molecule has 1 aliphatic heterocycles. The van der Waals surface area contributed by atoms with E-state index in [0.29, 0.717) is 18.5 Å². The van der Waals surface area contributed by atoms with Gasteiger partial charge in [-0.1, -0.05) is 26.0 Å². The van der Waals surface area contributed by atoms with Gasteiger partial charge in [-0.05, 0) is 49.2 Å². The van der Waals surface area contributed by atoms with Crippen LogP contribution < -0.4 is 10.6 Å². The Bertz CT molecular complexity index is 1120. The highest BCUT2D eigenvalue weighted by atomic mass is 16.2. The van der Waals surface area contributed by atoms with Crippen LogP contribution in [-0.2, 0) is 9.59 Å². The summed E-state index contributed by atoms with van der Waals surface area (Å²) in [4.78, 5) is 42.6. The molecule has 1 fully saturated rings. The van der Waals surface area contributed by atoms with Crippen molar-refractivity contribution in [3.05, 3.63) is 54.9 Å². The van der Waals surface area contributed by atoms with Crippen molar-refractivity contribution in [2.75, 3.05) is 11.9 Å². The molecule has 2 heterocycles. The number of carbonyl (C=O) groups excluding carboxylic acids is 3. The minimum absolute atomic E-state index is 0.319. The van der Waals surface area contributed by atoms with Crippen molar-refractivity contribution in [1.29, 1.82) is 0 Å². The number of imidazole rings is 1. The Kier molecular flexibility index (Phi) is 4.99. The number of imide groups is 1. The number of rotatable bonds is 6. The Morgan fingerprint density at radius 1 is 1.07 bits per heavy atom. The molecule has 0 unspecified atom stereocenters. The fraction of sp³-hybridized carbons (Fsp3) is 0.273. The molecule has 1 aromatic heterocycles. The number of para-hydroxylation sites is 2. The summed E-state index contributed by atoms with van der Waals surface area (Å²) < 4.78 is 1.96. The van der Waals surface area contributed by atoms with Crippen molar-refractivity contribution in [3.63, 3.8) is 0 Å². The van der Waals surface area contributed by atoms with Crippen molar-refractivity contribution in [2.24, 2.45) is 0 Å². The Morgan fingerprint density at radius 2 is 1.77 bits per heavy atom. The van der Waals surface area contributed by atoms with Crippen molar-refractivity contribution < 1.29 is 14.4 Å². The number of nitrogens with one attached hydrogen (secondary N) is 2. The van der Waals surface area contributed by atoms with E-state index in [-0.39, 0.29) is 12.5 Å². The average Bonchev–Trinajstić information content (AvgIpc) is 3.29. The number of benzene rings is 2. The van der Waals surface area contributed by atoms with Gasteiger partial charge in [-0.2, -0.15) is 0 Å². The van der Waals surface area contributed by atoms with Crippen LogP contribution in [0.2, 0.25) is 0 Å². The maximum Gasteiger partial charge on any atom is 0.325 e. The Labute approximate surface area is 173 Å². The van der Waals surface area contributed by atoms with Crippen LogP contribution in [0.1, 0.15) is 26.7 Å². The second-order valence-corrected chi connectivity index (χ2v) is 7.31. The van der Waals surface area contributed by atoms with Gasteiger partial charge in [0, 0.05) is 11.4 Å². The van der Waals surface area contributed by atoms with E-state index in [4.69, 9.17) is 0 Å². The topological polar surface area (TPSA) is 96.3 Å². The Balaban J connectivity index is 1.44. The van der Waals surface area contributed by atoms with Crippen LogP contribution in [-0.4, -0.2) is 44.4 Å². The maximum absolute atomic E-state index is 12.6. The summed E-state index contributed by atoms with van der Waals surface area (Å²) in [6.07, 6.45) is 2.72. The minimum atomic E-state index is -0.910. The molecule has 30 heavy (non-hydrogen) atoms. The van der Waals surface area contributed by atoms with Crippen LogP contribution in [0.3, 0.4) is 0 Å². The van der Waals surface area contributed by atoms with Gasteiger partial charge in [-0.3, -0.25) is 19.1 Å². The molecule has 2 N–H and O–H groups in total. The minimum Gasteiger partial charge on any atom is -0.325 e. The Hall–Kier alpha value is -3.68. The zero-order valence-corrected chi connectivity index (χ0v) is 16.9. The number of hydrogen-bond donors (Lipinski definition) is 2. The summed E-state index contributed by atoms with van der Waals surface area (Å²) in [7, 11) is 0. The quantitative estimate of drug-likeness (QED) is 0.616. The van der Waals surface area contributed by atoms with Gasteiger partial charge in [0.1, 0.15) is 18.4 Å². The van der Waals surface area contributed by atoms with Gasteiger partial charge in [-0.25, -0.2) is 9.78 Å². The molecule has 0 aliphatic carbocycles. The smallest absolute Gasteiger partial charge is 0.325 e. The molecule has 8 heteroatoms. The Morgan fingerprint density at radius 3 is 2.43 bits per heavy atom. The van der Waals surface area contributed by atoms with Crippen LogP contribution in [0.25, 0.3) is 16.7 Å². The summed E-state index contributed by atoms with van der Waals surface area (Å²) in [5, 5.41) is 5.47. The molecule has 0 radical (unpaired) electrons. The monoisotopic (exact) mass is 405 g/mol. The van der Waals surface area contributed by atoms with Gasteiger partial charge in [0.15, 0.2) is 0 Å². The number of aromatic nitrogens is 2. The summed E-state index contributed by atoms with van der Waals surface area (Å²) >= 11 is 0. The van der Waals surface area contributed by atoms with E-state index in [9.17, 15) is 14.4 Å². The molecule has 0 atom stereocenters. The summed E-state index contributed by atoms with van der Waals surface area (Å²) in [6.45, 7) is 3.37. The highest BCUT2D eigenvalue weighted by molar-refractivity contribution is 6.10. The zero-order valence-electron chi connectivity index (χ0n) is 16.9. The number of nitrogens with zero attached hydrogens (tertiary/aromatic N) is 3. The molecule has 2 aromatic carbocycles. The fourth-order valence-electron chi connectivity index (χ4n) is 3.76. The third-order valence-electron chi connectivity index (χ3n) is 5.64. The van der Waals surface area contributed by atoms with E-state index in [2.05, 4.69) is 15.6 Å². The predicted molar refractivity (Wildman–Crippen MR) is 113 cm³/mol. The van der Waals surface area contributed by atoms with Gasteiger partial charge in [0.05, 0.1) is 11.0 Å². The van der Waals surface area contributed by atoms with Gasteiger partial charge in [-0.15, -0.1) is 0 Å².